The molecule has 0 aromatic carbocycles. The van der Waals surface area contributed by atoms with E-state index in [0.29, 0.717) is 6.42 Å². The highest BCUT2D eigenvalue weighted by Crippen LogP contribution is 2.11. The number of hydrogen-bond donors (Lipinski definition) is 1. The lowest BCUT2D eigenvalue weighted by molar-refractivity contribution is -0.140. The van der Waals surface area contributed by atoms with Crippen molar-refractivity contribution >= 4 is 5.97 Å². The average Bonchev–Trinajstić information content (AvgIpc) is 2.22. The van der Waals surface area contributed by atoms with Gasteiger partial charge in [0.2, 0.25) is 0 Å². The summed E-state index contributed by atoms with van der Waals surface area (Å²) in [5, 5.41) is 8.79. The fourth-order valence-corrected chi connectivity index (χ4v) is 1.20. The van der Waals surface area contributed by atoms with Gasteiger partial charge >= 0.3 is 5.97 Å². The fourth-order valence-electron chi connectivity index (χ4n) is 1.20. The van der Waals surface area contributed by atoms with E-state index >= 15 is 0 Å². The lowest BCUT2D eigenvalue weighted by atomic mass is 10.0. The first-order chi connectivity index (χ1) is 7.49. The van der Waals surface area contributed by atoms with Crippen molar-refractivity contribution in [2.45, 2.75) is 40.0 Å². The molecular weight excluding hydrogens is 200 g/mol. The largest absolute Gasteiger partial charge is 0.481 e. The minimum absolute atomic E-state index is 0.422. The quantitative estimate of drug-likeness (QED) is 0.662. The van der Waals surface area contributed by atoms with E-state index in [4.69, 9.17) is 5.11 Å². The topological polar surface area (TPSA) is 37.3 Å². The molecule has 0 aromatic heterocycles. The molecule has 0 amide bonds. The molecule has 0 aromatic rings. The van der Waals surface area contributed by atoms with E-state index in [1.54, 1.807) is 0 Å². The second-order valence-electron chi connectivity index (χ2n) is 4.21. The van der Waals surface area contributed by atoms with Crippen LogP contribution in [-0.4, -0.2) is 11.1 Å². The zero-order valence-electron chi connectivity index (χ0n) is 10.5. The van der Waals surface area contributed by atoms with Gasteiger partial charge in [-0.25, -0.2) is 0 Å². The summed E-state index contributed by atoms with van der Waals surface area (Å²) in [5.74, 6) is -1.21. The smallest absolute Gasteiger partial charge is 0.310 e. The zero-order valence-corrected chi connectivity index (χ0v) is 10.5. The van der Waals surface area contributed by atoms with Gasteiger partial charge in [0.1, 0.15) is 0 Å². The molecule has 0 saturated heterocycles. The Balaban J connectivity index is 3.90. The second kappa shape index (κ2) is 7.91. The maximum absolute atomic E-state index is 10.7. The van der Waals surface area contributed by atoms with E-state index in [-0.39, 0.29) is 0 Å². The van der Waals surface area contributed by atoms with E-state index in [1.807, 2.05) is 6.08 Å². The summed E-state index contributed by atoms with van der Waals surface area (Å²) in [6.45, 7) is 9.83. The van der Waals surface area contributed by atoms with E-state index in [9.17, 15) is 4.79 Å². The maximum Gasteiger partial charge on any atom is 0.310 e. The Kier molecular flexibility index (Phi) is 7.27. The molecule has 0 aliphatic carbocycles. The van der Waals surface area contributed by atoms with Crippen molar-refractivity contribution < 1.29 is 9.90 Å². The lowest BCUT2D eigenvalue weighted by Crippen LogP contribution is -2.09. The van der Waals surface area contributed by atoms with Crippen molar-refractivity contribution in [3.63, 3.8) is 0 Å². The van der Waals surface area contributed by atoms with Crippen LogP contribution in [0.25, 0.3) is 0 Å². The third-order valence-corrected chi connectivity index (χ3v) is 2.69. The lowest BCUT2D eigenvalue weighted by Gasteiger charge is -2.03. The Labute approximate surface area is 98.4 Å². The molecule has 16 heavy (non-hydrogen) atoms. The van der Waals surface area contributed by atoms with E-state index < -0.39 is 11.9 Å². The predicted molar refractivity (Wildman–Crippen MR) is 68.4 cm³/mol. The van der Waals surface area contributed by atoms with Gasteiger partial charge in [0.05, 0.1) is 5.92 Å². The summed E-state index contributed by atoms with van der Waals surface area (Å²) in [7, 11) is 0. The van der Waals surface area contributed by atoms with Gasteiger partial charge in [-0.3, -0.25) is 4.79 Å². The monoisotopic (exact) mass is 222 g/mol. The summed E-state index contributed by atoms with van der Waals surface area (Å²) in [6.07, 6.45) is 8.02. The molecule has 0 aliphatic heterocycles. The van der Waals surface area contributed by atoms with Crippen LogP contribution in [0.4, 0.5) is 0 Å². The van der Waals surface area contributed by atoms with Crippen molar-refractivity contribution in [2.24, 2.45) is 5.92 Å². The highest BCUT2D eigenvalue weighted by Gasteiger charge is 2.10. The molecule has 0 heterocycles. The number of rotatable bonds is 7. The van der Waals surface area contributed by atoms with E-state index in [2.05, 4.69) is 33.4 Å². The number of hydrogen-bond acceptors (Lipinski definition) is 1. The van der Waals surface area contributed by atoms with Crippen LogP contribution in [0.1, 0.15) is 40.0 Å². The minimum atomic E-state index is -0.788. The molecule has 0 aliphatic rings. The molecule has 1 unspecified atom stereocenters. The van der Waals surface area contributed by atoms with Gasteiger partial charge in [0.15, 0.2) is 0 Å². The van der Waals surface area contributed by atoms with Crippen LogP contribution in [0.2, 0.25) is 0 Å². The van der Waals surface area contributed by atoms with Gasteiger partial charge in [-0.15, -0.1) is 6.58 Å². The van der Waals surface area contributed by atoms with E-state index in [1.165, 1.54) is 17.2 Å². The third-order valence-electron chi connectivity index (χ3n) is 2.69. The standard InChI is InChI=1S/C14H22O2/c1-5-13(14(15)16)10-8-6-7-9-12(4)11(2)3/h5-7,13H,1,8-10H2,2-4H3,(H,15,16)/b7-6+. The Morgan fingerprint density at radius 1 is 1.31 bits per heavy atom. The van der Waals surface area contributed by atoms with Gasteiger partial charge in [0, 0.05) is 0 Å². The van der Waals surface area contributed by atoms with Crippen LogP contribution in [0.5, 0.6) is 0 Å². The minimum Gasteiger partial charge on any atom is -0.481 e. The van der Waals surface area contributed by atoms with Gasteiger partial charge in [-0.05, 0) is 40.0 Å². The summed E-state index contributed by atoms with van der Waals surface area (Å²) in [5.41, 5.74) is 2.72. The fraction of sp³-hybridized carbons (Fsp3) is 0.500. The first-order valence-corrected chi connectivity index (χ1v) is 5.62. The number of aliphatic carboxylic acids is 1. The normalized spacial score (nSPS) is 12.4. The van der Waals surface area contributed by atoms with Gasteiger partial charge < -0.3 is 5.11 Å². The molecule has 90 valence electrons. The van der Waals surface area contributed by atoms with Gasteiger partial charge in [0.25, 0.3) is 0 Å². The molecule has 0 saturated carbocycles. The van der Waals surface area contributed by atoms with Gasteiger partial charge in [-0.2, -0.15) is 0 Å². The first kappa shape index (κ1) is 14.7. The van der Waals surface area contributed by atoms with Crippen LogP contribution in [0, 0.1) is 5.92 Å². The molecule has 0 bridgehead atoms. The molecule has 0 spiro atoms. The molecule has 0 rings (SSSR count). The van der Waals surface area contributed by atoms with Crippen LogP contribution in [0.15, 0.2) is 36.0 Å². The predicted octanol–water partition coefficient (Wildman–Crippen LogP) is 3.96. The highest BCUT2D eigenvalue weighted by molar-refractivity contribution is 5.71. The van der Waals surface area contributed by atoms with Crippen molar-refractivity contribution in [3.05, 3.63) is 36.0 Å². The van der Waals surface area contributed by atoms with Crippen molar-refractivity contribution in [2.75, 3.05) is 0 Å². The molecule has 2 heteroatoms. The molecular formula is C14H22O2. The Bertz CT molecular complexity index is 294. The molecule has 0 radical (unpaired) electrons. The maximum atomic E-state index is 10.7. The first-order valence-electron chi connectivity index (χ1n) is 5.62. The number of carboxylic acids is 1. The number of carbonyl (C=O) groups is 1. The summed E-state index contributed by atoms with van der Waals surface area (Å²) < 4.78 is 0. The van der Waals surface area contributed by atoms with E-state index in [0.717, 1.165) is 12.8 Å². The SMILES string of the molecule is C=CC(CC/C=C/CC(C)=C(C)C)C(=O)O. The number of allylic oxidation sites excluding steroid dienone is 4. The molecule has 0 fully saturated rings. The van der Waals surface area contributed by atoms with Gasteiger partial charge in [-0.1, -0.05) is 29.4 Å². The van der Waals surface area contributed by atoms with Crippen LogP contribution in [-0.2, 0) is 4.79 Å². The average molecular weight is 222 g/mol. The van der Waals surface area contributed by atoms with Crippen LogP contribution in [0.3, 0.4) is 0 Å². The molecule has 1 N–H and O–H groups in total. The highest BCUT2D eigenvalue weighted by atomic mass is 16.4. The Morgan fingerprint density at radius 2 is 1.94 bits per heavy atom. The van der Waals surface area contributed by atoms with Crippen molar-refractivity contribution in [3.8, 4) is 0 Å². The van der Waals surface area contributed by atoms with Crippen molar-refractivity contribution in [1.82, 2.24) is 0 Å². The number of carboxylic acid groups (broad SMARTS) is 1. The zero-order chi connectivity index (χ0) is 12.6. The third kappa shape index (κ3) is 6.23. The summed E-state index contributed by atoms with van der Waals surface area (Å²) in [4.78, 5) is 10.7. The van der Waals surface area contributed by atoms with Crippen LogP contribution >= 0.6 is 0 Å². The Morgan fingerprint density at radius 3 is 2.38 bits per heavy atom. The summed E-state index contributed by atoms with van der Waals surface area (Å²) >= 11 is 0. The van der Waals surface area contributed by atoms with Crippen molar-refractivity contribution in [1.29, 1.82) is 0 Å². The summed E-state index contributed by atoms with van der Waals surface area (Å²) in [6, 6.07) is 0. The van der Waals surface area contributed by atoms with Crippen LogP contribution < -0.4 is 0 Å². The second-order valence-corrected chi connectivity index (χ2v) is 4.21. The Hall–Kier alpha value is -1.31. The molecule has 1 atom stereocenters. The molecule has 2 nitrogen and oxygen atoms in total.